The molecule has 2 heterocycles. The lowest BCUT2D eigenvalue weighted by Gasteiger charge is -2.36. The molecule has 9 nitrogen and oxygen atoms in total. The fourth-order valence-electron chi connectivity index (χ4n) is 4.85. The van der Waals surface area contributed by atoms with Crippen molar-refractivity contribution in [1.29, 1.82) is 0 Å². The summed E-state index contributed by atoms with van der Waals surface area (Å²) >= 11 is 0. The van der Waals surface area contributed by atoms with E-state index in [4.69, 9.17) is 9.47 Å². The molecule has 1 aliphatic rings. The van der Waals surface area contributed by atoms with Crippen molar-refractivity contribution in [3.8, 4) is 5.75 Å². The van der Waals surface area contributed by atoms with Crippen LogP contribution in [-0.2, 0) is 30.8 Å². The molecule has 4 rings (SSSR count). The largest absolute Gasteiger partial charge is 0.462 e. The number of carbonyl (C=O) groups is 2. The maximum absolute atomic E-state index is 13.9. The van der Waals surface area contributed by atoms with Gasteiger partial charge >= 0.3 is 11.9 Å². The summed E-state index contributed by atoms with van der Waals surface area (Å²) in [7, 11) is -2.22. The van der Waals surface area contributed by atoms with E-state index in [-0.39, 0.29) is 23.0 Å². The van der Waals surface area contributed by atoms with E-state index in [1.807, 2.05) is 18.2 Å². The number of hydrogen-bond donors (Lipinski definition) is 0. The zero-order valence-electron chi connectivity index (χ0n) is 21.9. The lowest BCUT2D eigenvalue weighted by Crippen LogP contribution is -2.48. The monoisotopic (exact) mass is 539 g/mol. The maximum Gasteiger partial charge on any atom is 0.308 e. The minimum absolute atomic E-state index is 0.109. The standard InChI is InChI=1S/C28H33N3O6S/c1-20(32)36-25-9-7-22(8-10-25)17-24(19-31-15-12-26(13-16-31)37-21(2)33)30(3)38(34,35)28-6-4-5-23-18-29-14-11-27(23)28/h4-11,14,18,24,26H,12-13,15-17,19H2,1-3H3. The van der Waals surface area contributed by atoms with Crippen molar-refractivity contribution in [3.63, 3.8) is 0 Å². The Morgan fingerprint density at radius 2 is 1.76 bits per heavy atom. The molecule has 10 heteroatoms. The van der Waals surface area contributed by atoms with E-state index < -0.39 is 16.0 Å². The molecule has 202 valence electrons. The van der Waals surface area contributed by atoms with Gasteiger partial charge in [0.2, 0.25) is 10.0 Å². The first-order valence-electron chi connectivity index (χ1n) is 12.6. The zero-order chi connectivity index (χ0) is 27.3. The number of ether oxygens (including phenoxy) is 2. The minimum Gasteiger partial charge on any atom is -0.462 e. The quantitative estimate of drug-likeness (QED) is 0.301. The van der Waals surface area contributed by atoms with E-state index in [0.717, 1.165) is 10.9 Å². The molecule has 1 saturated heterocycles. The highest BCUT2D eigenvalue weighted by molar-refractivity contribution is 7.89. The highest BCUT2D eigenvalue weighted by atomic mass is 32.2. The van der Waals surface area contributed by atoms with Crippen molar-refractivity contribution < 1.29 is 27.5 Å². The van der Waals surface area contributed by atoms with Gasteiger partial charge in [0.05, 0.1) is 4.90 Å². The highest BCUT2D eigenvalue weighted by Crippen LogP contribution is 2.27. The van der Waals surface area contributed by atoms with E-state index in [9.17, 15) is 18.0 Å². The first kappa shape index (κ1) is 27.7. The number of pyridine rings is 1. The van der Waals surface area contributed by atoms with Crippen LogP contribution in [0.25, 0.3) is 10.8 Å². The molecule has 0 N–H and O–H groups in total. The van der Waals surface area contributed by atoms with Gasteiger partial charge in [0.1, 0.15) is 11.9 Å². The first-order chi connectivity index (χ1) is 18.1. The van der Waals surface area contributed by atoms with Gasteiger partial charge in [-0.05, 0) is 49.1 Å². The van der Waals surface area contributed by atoms with Crippen LogP contribution >= 0.6 is 0 Å². The second-order valence-corrected chi connectivity index (χ2v) is 11.5. The van der Waals surface area contributed by atoms with Crippen LogP contribution < -0.4 is 4.74 Å². The summed E-state index contributed by atoms with van der Waals surface area (Å²) in [6.07, 6.45) is 5.01. The number of piperidine rings is 1. The number of aromatic nitrogens is 1. The van der Waals surface area contributed by atoms with Crippen LogP contribution in [0.3, 0.4) is 0 Å². The summed E-state index contributed by atoms with van der Waals surface area (Å²) in [5, 5.41) is 1.38. The Kier molecular flexibility index (Phi) is 8.76. The van der Waals surface area contributed by atoms with Gasteiger partial charge in [0.25, 0.3) is 0 Å². The van der Waals surface area contributed by atoms with Crippen LogP contribution in [0, 0.1) is 0 Å². The molecule has 1 fully saturated rings. The molecule has 0 bridgehead atoms. The average Bonchev–Trinajstić information content (AvgIpc) is 2.89. The number of benzene rings is 2. The van der Waals surface area contributed by atoms with Gasteiger partial charge in [-0.1, -0.05) is 24.3 Å². The fourth-order valence-corrected chi connectivity index (χ4v) is 6.41. The number of likely N-dealkylation sites (tertiary alicyclic amines) is 1. The predicted octanol–water partition coefficient (Wildman–Crippen LogP) is 3.42. The van der Waals surface area contributed by atoms with E-state index in [1.165, 1.54) is 18.2 Å². The second kappa shape index (κ2) is 12.0. The molecule has 0 radical (unpaired) electrons. The summed E-state index contributed by atoms with van der Waals surface area (Å²) in [5.74, 6) is -0.241. The van der Waals surface area contributed by atoms with Gasteiger partial charge in [-0.3, -0.25) is 14.6 Å². The van der Waals surface area contributed by atoms with Crippen LogP contribution in [-0.4, -0.2) is 73.4 Å². The van der Waals surface area contributed by atoms with Gasteiger partial charge in [-0.2, -0.15) is 4.31 Å². The smallest absolute Gasteiger partial charge is 0.308 e. The normalized spacial score (nSPS) is 15.9. The third kappa shape index (κ3) is 6.75. The molecule has 1 atom stereocenters. The van der Waals surface area contributed by atoms with Crippen molar-refractivity contribution in [1.82, 2.24) is 14.2 Å². The lowest BCUT2D eigenvalue weighted by atomic mass is 10.0. The molecule has 3 aromatic rings. The molecule has 0 amide bonds. The van der Waals surface area contributed by atoms with E-state index in [2.05, 4.69) is 9.88 Å². The van der Waals surface area contributed by atoms with Gasteiger partial charge in [0, 0.05) is 69.7 Å². The maximum atomic E-state index is 13.9. The SMILES string of the molecule is CC(=O)Oc1ccc(CC(CN2CCC(OC(C)=O)CC2)N(C)S(=O)(=O)c2cccc3cnccc23)cc1. The Morgan fingerprint density at radius 3 is 2.42 bits per heavy atom. The van der Waals surface area contributed by atoms with E-state index >= 15 is 0 Å². The van der Waals surface area contributed by atoms with Crippen molar-refractivity contribution >= 4 is 32.7 Å². The third-order valence-corrected chi connectivity index (χ3v) is 8.77. The number of carbonyl (C=O) groups excluding carboxylic acids is 2. The Labute approximate surface area is 223 Å². The molecule has 1 aliphatic heterocycles. The zero-order valence-corrected chi connectivity index (χ0v) is 22.7. The molecule has 0 saturated carbocycles. The highest BCUT2D eigenvalue weighted by Gasteiger charge is 2.32. The Morgan fingerprint density at radius 1 is 1.05 bits per heavy atom. The summed E-state index contributed by atoms with van der Waals surface area (Å²) in [4.78, 5) is 29.2. The third-order valence-electron chi connectivity index (χ3n) is 6.80. The number of esters is 2. The van der Waals surface area contributed by atoms with Crippen molar-refractivity contribution in [3.05, 3.63) is 66.5 Å². The minimum atomic E-state index is -3.85. The average molecular weight is 540 g/mol. The predicted molar refractivity (Wildman–Crippen MR) is 143 cm³/mol. The number of fused-ring (bicyclic) bond motifs is 1. The van der Waals surface area contributed by atoms with Gasteiger partial charge in [-0.25, -0.2) is 8.42 Å². The van der Waals surface area contributed by atoms with Gasteiger partial charge in [0.15, 0.2) is 0 Å². The van der Waals surface area contributed by atoms with Crippen LogP contribution in [0.2, 0.25) is 0 Å². The molecule has 1 aromatic heterocycles. The molecule has 38 heavy (non-hydrogen) atoms. The molecule has 0 aliphatic carbocycles. The Balaban J connectivity index is 1.59. The van der Waals surface area contributed by atoms with Crippen LogP contribution in [0.4, 0.5) is 0 Å². The molecule has 2 aromatic carbocycles. The van der Waals surface area contributed by atoms with Crippen LogP contribution in [0.15, 0.2) is 65.8 Å². The second-order valence-electron chi connectivity index (χ2n) is 9.58. The number of likely N-dealkylation sites (N-methyl/N-ethyl adjacent to an activating group) is 1. The van der Waals surface area contributed by atoms with Crippen LogP contribution in [0.1, 0.15) is 32.3 Å². The molecular weight excluding hydrogens is 506 g/mol. The summed E-state index contributed by atoms with van der Waals surface area (Å²) < 4.78 is 39.8. The van der Waals surface area contributed by atoms with Gasteiger partial charge < -0.3 is 14.4 Å². The van der Waals surface area contributed by atoms with Gasteiger partial charge in [-0.15, -0.1) is 0 Å². The van der Waals surface area contributed by atoms with Crippen LogP contribution in [0.5, 0.6) is 5.75 Å². The van der Waals surface area contributed by atoms with E-state index in [0.29, 0.717) is 50.0 Å². The number of hydrogen-bond acceptors (Lipinski definition) is 8. The van der Waals surface area contributed by atoms with Crippen molar-refractivity contribution in [2.75, 3.05) is 26.7 Å². The molecule has 0 spiro atoms. The molecule has 1 unspecified atom stereocenters. The summed E-state index contributed by atoms with van der Waals surface area (Å²) in [6, 6.07) is 13.7. The number of rotatable bonds is 9. The summed E-state index contributed by atoms with van der Waals surface area (Å²) in [5.41, 5.74) is 0.921. The topological polar surface area (TPSA) is 106 Å². The number of nitrogens with zero attached hydrogens (tertiary/aromatic N) is 3. The van der Waals surface area contributed by atoms with Crippen molar-refractivity contribution in [2.45, 2.75) is 50.2 Å². The van der Waals surface area contributed by atoms with E-state index in [1.54, 1.807) is 49.8 Å². The number of sulfonamides is 1. The van der Waals surface area contributed by atoms with Crippen molar-refractivity contribution in [2.24, 2.45) is 0 Å². The molecular formula is C28H33N3O6S. The first-order valence-corrected chi connectivity index (χ1v) is 14.0. The fraction of sp³-hybridized carbons (Fsp3) is 0.393. The Bertz CT molecular complexity index is 1380. The summed E-state index contributed by atoms with van der Waals surface area (Å²) in [6.45, 7) is 4.68. The Hall–Kier alpha value is -3.34. The lowest BCUT2D eigenvalue weighted by molar-refractivity contribution is -0.148.